The van der Waals surface area contributed by atoms with Crippen LogP contribution in [0.4, 0.5) is 0 Å². The summed E-state index contributed by atoms with van der Waals surface area (Å²) in [5, 5.41) is 19.1. The second kappa shape index (κ2) is 12.5. The lowest BCUT2D eigenvalue weighted by molar-refractivity contribution is -0.175. The summed E-state index contributed by atoms with van der Waals surface area (Å²) in [5.74, 6) is -4.85. The summed E-state index contributed by atoms with van der Waals surface area (Å²) >= 11 is 0. The smallest absolute Gasteiger partial charge is 0.336 e. The monoisotopic (exact) mass is 402 g/mol. The molecule has 1 atom stereocenters. The highest BCUT2D eigenvalue weighted by Gasteiger charge is 2.42. The molecule has 0 radical (unpaired) electrons. The zero-order valence-corrected chi connectivity index (χ0v) is 17.4. The Morgan fingerprint density at radius 1 is 0.857 bits per heavy atom. The van der Waals surface area contributed by atoms with Crippen LogP contribution in [0.15, 0.2) is 0 Å². The van der Waals surface area contributed by atoms with Gasteiger partial charge in [0.05, 0.1) is 19.4 Å². The highest BCUT2D eigenvalue weighted by molar-refractivity contribution is 5.91. The third-order valence-electron chi connectivity index (χ3n) is 5.39. The molecule has 0 aliphatic rings. The first-order chi connectivity index (χ1) is 13.0. The third-order valence-corrected chi connectivity index (χ3v) is 5.39. The Morgan fingerprint density at radius 3 is 1.86 bits per heavy atom. The zero-order valence-electron chi connectivity index (χ0n) is 17.4. The highest BCUT2D eigenvalue weighted by Crippen LogP contribution is 2.36. The predicted octanol–water partition coefficient (Wildman–Crippen LogP) is 2.99. The van der Waals surface area contributed by atoms with E-state index >= 15 is 0 Å². The van der Waals surface area contributed by atoms with Gasteiger partial charge in [-0.25, -0.2) is 4.79 Å². The molecule has 0 bridgehead atoms. The Bertz CT molecular complexity index is 530. The van der Waals surface area contributed by atoms with Gasteiger partial charge >= 0.3 is 23.9 Å². The molecule has 28 heavy (non-hydrogen) atoms. The van der Waals surface area contributed by atoms with Gasteiger partial charge in [0.1, 0.15) is 0 Å². The van der Waals surface area contributed by atoms with Crippen LogP contribution >= 0.6 is 0 Å². The minimum absolute atomic E-state index is 0.115. The molecule has 0 spiro atoms. The van der Waals surface area contributed by atoms with Crippen molar-refractivity contribution in [3.8, 4) is 0 Å². The Balaban J connectivity index is 4.34. The first kappa shape index (κ1) is 26.0. The molecule has 0 rings (SSSR count). The SMILES string of the molecule is CCC(CC)(CC)CCCCCOC(=O)CC(O)(CC(=O)OC(C)=O)C(=O)O. The van der Waals surface area contributed by atoms with E-state index in [-0.39, 0.29) is 6.61 Å². The van der Waals surface area contributed by atoms with E-state index in [9.17, 15) is 24.3 Å². The second-order valence-electron chi connectivity index (χ2n) is 7.25. The minimum atomic E-state index is -2.67. The van der Waals surface area contributed by atoms with Gasteiger partial charge in [-0.1, -0.05) is 52.9 Å². The topological polar surface area (TPSA) is 127 Å². The molecule has 0 fully saturated rings. The molecule has 8 heteroatoms. The van der Waals surface area contributed by atoms with Gasteiger partial charge in [-0.3, -0.25) is 14.4 Å². The van der Waals surface area contributed by atoms with Crippen LogP contribution in [-0.2, 0) is 28.7 Å². The third kappa shape index (κ3) is 9.30. The Kier molecular flexibility index (Phi) is 11.6. The fourth-order valence-corrected chi connectivity index (χ4v) is 3.18. The van der Waals surface area contributed by atoms with E-state index in [2.05, 4.69) is 25.5 Å². The van der Waals surface area contributed by atoms with Gasteiger partial charge in [-0.2, -0.15) is 0 Å². The van der Waals surface area contributed by atoms with Gasteiger partial charge in [-0.15, -0.1) is 0 Å². The Labute approximate surface area is 166 Å². The molecule has 162 valence electrons. The van der Waals surface area contributed by atoms with E-state index in [1.54, 1.807) is 0 Å². The quantitative estimate of drug-likeness (QED) is 0.258. The number of carboxylic acids is 1. The lowest BCUT2D eigenvalue weighted by Gasteiger charge is -2.30. The molecular formula is C20H34O8. The van der Waals surface area contributed by atoms with E-state index in [1.807, 2.05) is 0 Å². The van der Waals surface area contributed by atoms with Gasteiger partial charge < -0.3 is 19.7 Å². The van der Waals surface area contributed by atoms with Crippen LogP contribution in [0.2, 0.25) is 0 Å². The van der Waals surface area contributed by atoms with Crippen molar-refractivity contribution in [2.24, 2.45) is 5.41 Å². The van der Waals surface area contributed by atoms with Gasteiger partial charge in [0.15, 0.2) is 5.60 Å². The fraction of sp³-hybridized carbons (Fsp3) is 0.800. The minimum Gasteiger partial charge on any atom is -0.479 e. The van der Waals surface area contributed by atoms with Gasteiger partial charge in [0.25, 0.3) is 0 Å². The number of ether oxygens (including phenoxy) is 2. The maximum absolute atomic E-state index is 11.8. The van der Waals surface area contributed by atoms with Crippen LogP contribution < -0.4 is 0 Å². The number of hydrogen-bond acceptors (Lipinski definition) is 7. The van der Waals surface area contributed by atoms with E-state index in [1.165, 1.54) is 0 Å². The summed E-state index contributed by atoms with van der Waals surface area (Å²) in [6.45, 7) is 7.68. The molecular weight excluding hydrogens is 368 g/mol. The molecule has 0 aliphatic carbocycles. The first-order valence-electron chi connectivity index (χ1n) is 9.86. The van der Waals surface area contributed by atoms with E-state index in [4.69, 9.17) is 9.84 Å². The average molecular weight is 402 g/mol. The van der Waals surface area contributed by atoms with Crippen LogP contribution in [0.3, 0.4) is 0 Å². The van der Waals surface area contributed by atoms with Crippen molar-refractivity contribution in [1.29, 1.82) is 0 Å². The summed E-state index contributed by atoms with van der Waals surface area (Å²) in [4.78, 5) is 45.2. The molecule has 0 saturated carbocycles. The largest absolute Gasteiger partial charge is 0.479 e. The normalized spacial score (nSPS) is 13.5. The number of esters is 3. The first-order valence-corrected chi connectivity index (χ1v) is 9.86. The number of hydrogen-bond donors (Lipinski definition) is 2. The number of carbonyl (C=O) groups excluding carboxylic acids is 3. The van der Waals surface area contributed by atoms with Crippen molar-refractivity contribution < 1.29 is 38.9 Å². The number of aliphatic hydroxyl groups is 1. The van der Waals surface area contributed by atoms with Gasteiger partial charge in [0, 0.05) is 6.92 Å². The van der Waals surface area contributed by atoms with E-state index in [0.29, 0.717) is 11.8 Å². The van der Waals surface area contributed by atoms with Crippen molar-refractivity contribution in [3.63, 3.8) is 0 Å². The highest BCUT2D eigenvalue weighted by atomic mass is 16.6. The summed E-state index contributed by atoms with van der Waals surface area (Å²) in [6.07, 6.45) is 5.12. The molecule has 0 amide bonds. The van der Waals surface area contributed by atoms with E-state index in [0.717, 1.165) is 45.4 Å². The number of unbranched alkanes of at least 4 members (excludes halogenated alkanes) is 2. The van der Waals surface area contributed by atoms with Crippen molar-refractivity contribution >= 4 is 23.9 Å². The lowest BCUT2D eigenvalue weighted by atomic mass is 9.76. The summed E-state index contributed by atoms with van der Waals surface area (Å²) in [5.41, 5.74) is -2.31. The number of carboxylic acid groups (broad SMARTS) is 1. The standard InChI is InChI=1S/C20H34O8/c1-5-19(6-2,7-3)11-9-8-10-12-27-16(22)13-20(26,18(24)25)14-17(23)28-15(4)21/h26H,5-14H2,1-4H3,(H,24,25). The molecule has 8 nitrogen and oxygen atoms in total. The Morgan fingerprint density at radius 2 is 1.39 bits per heavy atom. The summed E-state index contributed by atoms with van der Waals surface area (Å²) in [6, 6.07) is 0. The average Bonchev–Trinajstić information content (AvgIpc) is 2.60. The second-order valence-corrected chi connectivity index (χ2v) is 7.25. The number of rotatable bonds is 14. The number of aliphatic carboxylic acids is 1. The molecule has 0 heterocycles. The van der Waals surface area contributed by atoms with Gasteiger partial charge in [0.2, 0.25) is 0 Å². The number of carbonyl (C=O) groups is 4. The van der Waals surface area contributed by atoms with Crippen molar-refractivity contribution in [3.05, 3.63) is 0 Å². The summed E-state index contributed by atoms with van der Waals surface area (Å²) < 4.78 is 9.19. The zero-order chi connectivity index (χ0) is 21.8. The maximum Gasteiger partial charge on any atom is 0.336 e. The molecule has 0 aliphatic heterocycles. The predicted molar refractivity (Wildman–Crippen MR) is 101 cm³/mol. The van der Waals surface area contributed by atoms with Crippen LogP contribution in [0, 0.1) is 5.41 Å². The molecule has 0 aromatic carbocycles. The fourth-order valence-electron chi connectivity index (χ4n) is 3.18. The maximum atomic E-state index is 11.8. The van der Waals surface area contributed by atoms with Crippen molar-refractivity contribution in [1.82, 2.24) is 0 Å². The van der Waals surface area contributed by atoms with E-state index < -0.39 is 42.3 Å². The summed E-state index contributed by atoms with van der Waals surface area (Å²) in [7, 11) is 0. The molecule has 1 unspecified atom stereocenters. The molecule has 2 N–H and O–H groups in total. The molecule has 0 saturated heterocycles. The van der Waals surface area contributed by atoms with Crippen LogP contribution in [0.5, 0.6) is 0 Å². The van der Waals surface area contributed by atoms with Crippen LogP contribution in [0.25, 0.3) is 0 Å². The van der Waals surface area contributed by atoms with Crippen LogP contribution in [-0.4, -0.2) is 46.3 Å². The lowest BCUT2D eigenvalue weighted by Crippen LogP contribution is -2.43. The van der Waals surface area contributed by atoms with Gasteiger partial charge in [-0.05, 0) is 18.3 Å². The molecule has 0 aromatic heterocycles. The van der Waals surface area contributed by atoms with Crippen molar-refractivity contribution in [2.75, 3.05) is 6.61 Å². The Hall–Kier alpha value is -1.96. The van der Waals surface area contributed by atoms with Crippen molar-refractivity contribution in [2.45, 2.75) is 91.1 Å². The molecule has 0 aromatic rings. The van der Waals surface area contributed by atoms with Crippen LogP contribution in [0.1, 0.15) is 85.5 Å².